The van der Waals surface area contributed by atoms with Crippen LogP contribution in [0, 0.1) is 5.92 Å². The summed E-state index contributed by atoms with van der Waals surface area (Å²) in [6.07, 6.45) is 3.59. The van der Waals surface area contributed by atoms with Gasteiger partial charge in [0.2, 0.25) is 5.91 Å². The van der Waals surface area contributed by atoms with Crippen LogP contribution in [0.4, 0.5) is 0 Å². The van der Waals surface area contributed by atoms with Crippen molar-refractivity contribution >= 4 is 22.8 Å². The molecule has 1 aliphatic heterocycles. The minimum Gasteiger partial charge on any atom is -0.481 e. The maximum Gasteiger partial charge on any atom is 0.308 e. The largest absolute Gasteiger partial charge is 0.481 e. The Balaban J connectivity index is 1.64. The number of likely N-dealkylation sites (tertiary alicyclic amines) is 1. The molecule has 5 heteroatoms. The van der Waals surface area contributed by atoms with Gasteiger partial charge in [-0.1, -0.05) is 18.2 Å². The van der Waals surface area contributed by atoms with Gasteiger partial charge >= 0.3 is 5.97 Å². The highest BCUT2D eigenvalue weighted by molar-refractivity contribution is 5.84. The summed E-state index contributed by atoms with van der Waals surface area (Å²) in [5.74, 6) is -1.20. The zero-order chi connectivity index (χ0) is 15.7. The molecule has 2 unspecified atom stereocenters. The summed E-state index contributed by atoms with van der Waals surface area (Å²) >= 11 is 0. The van der Waals surface area contributed by atoms with E-state index in [1.54, 1.807) is 4.90 Å². The molecule has 1 aromatic carbocycles. The van der Waals surface area contributed by atoms with Crippen LogP contribution in [0.15, 0.2) is 30.5 Å². The summed E-state index contributed by atoms with van der Waals surface area (Å²) in [5, 5.41) is 10.3. The molecular weight excluding hydrogens is 280 g/mol. The predicted molar refractivity (Wildman–Crippen MR) is 83.5 cm³/mol. The number of rotatable bonds is 4. The number of para-hydroxylation sites is 1. The number of aromatic amines is 1. The van der Waals surface area contributed by atoms with Crippen molar-refractivity contribution in [3.63, 3.8) is 0 Å². The molecule has 1 amide bonds. The number of carboxylic acids is 1. The third kappa shape index (κ3) is 2.58. The van der Waals surface area contributed by atoms with Crippen molar-refractivity contribution in [1.82, 2.24) is 9.88 Å². The molecule has 2 aromatic rings. The smallest absolute Gasteiger partial charge is 0.308 e. The Hall–Kier alpha value is -2.30. The number of carbonyl (C=O) groups excluding carboxylic acids is 1. The molecule has 0 spiro atoms. The summed E-state index contributed by atoms with van der Waals surface area (Å²) in [4.78, 5) is 28.4. The average molecular weight is 300 g/mol. The molecule has 0 radical (unpaired) electrons. The third-order valence-corrected chi connectivity index (χ3v) is 4.68. The molecule has 1 saturated heterocycles. The van der Waals surface area contributed by atoms with E-state index in [-0.39, 0.29) is 11.9 Å². The molecule has 2 N–H and O–H groups in total. The number of hydrogen-bond acceptors (Lipinski definition) is 2. The monoisotopic (exact) mass is 300 g/mol. The van der Waals surface area contributed by atoms with E-state index in [9.17, 15) is 9.59 Å². The summed E-state index contributed by atoms with van der Waals surface area (Å²) in [5.41, 5.74) is 2.20. The fourth-order valence-corrected chi connectivity index (χ4v) is 3.35. The molecule has 0 bridgehead atoms. The first-order chi connectivity index (χ1) is 10.6. The number of fused-ring (bicyclic) bond motifs is 1. The number of carboxylic acid groups (broad SMARTS) is 1. The van der Waals surface area contributed by atoms with Crippen LogP contribution in [0.1, 0.15) is 25.3 Å². The number of nitrogens with zero attached hydrogens (tertiary/aromatic N) is 1. The Morgan fingerprint density at radius 3 is 2.86 bits per heavy atom. The van der Waals surface area contributed by atoms with Crippen molar-refractivity contribution in [2.75, 3.05) is 6.54 Å². The number of nitrogens with one attached hydrogen (secondary N) is 1. The SMILES string of the molecule is CC1C(C(=O)O)CCN1C(=O)CCc1c[nH]c2ccccc12. The second-order valence-electron chi connectivity index (χ2n) is 5.92. The van der Waals surface area contributed by atoms with Gasteiger partial charge < -0.3 is 15.0 Å². The highest BCUT2D eigenvalue weighted by Gasteiger charge is 2.37. The Kier molecular flexibility index (Phi) is 3.88. The van der Waals surface area contributed by atoms with Crippen LogP contribution in [0.3, 0.4) is 0 Å². The van der Waals surface area contributed by atoms with Gasteiger partial charge in [0.05, 0.1) is 5.92 Å². The molecule has 2 atom stereocenters. The van der Waals surface area contributed by atoms with Gasteiger partial charge in [-0.15, -0.1) is 0 Å². The molecule has 1 aliphatic rings. The molecule has 0 saturated carbocycles. The van der Waals surface area contributed by atoms with Crippen molar-refractivity contribution in [1.29, 1.82) is 0 Å². The van der Waals surface area contributed by atoms with Gasteiger partial charge in [-0.05, 0) is 31.4 Å². The van der Waals surface area contributed by atoms with Crippen molar-refractivity contribution in [3.05, 3.63) is 36.0 Å². The molecular formula is C17H20N2O3. The fraction of sp³-hybridized carbons (Fsp3) is 0.412. The summed E-state index contributed by atoms with van der Waals surface area (Å²) in [7, 11) is 0. The predicted octanol–water partition coefficient (Wildman–Crippen LogP) is 2.42. The molecule has 116 valence electrons. The highest BCUT2D eigenvalue weighted by Crippen LogP contribution is 2.26. The van der Waals surface area contributed by atoms with Gasteiger partial charge in [-0.3, -0.25) is 9.59 Å². The normalized spacial score (nSPS) is 21.4. The quantitative estimate of drug-likeness (QED) is 0.910. The van der Waals surface area contributed by atoms with Crippen LogP contribution in [0.5, 0.6) is 0 Å². The first-order valence-corrected chi connectivity index (χ1v) is 7.65. The van der Waals surface area contributed by atoms with Crippen LogP contribution < -0.4 is 0 Å². The van der Waals surface area contributed by atoms with E-state index < -0.39 is 11.9 Å². The molecule has 22 heavy (non-hydrogen) atoms. The molecule has 1 fully saturated rings. The van der Waals surface area contributed by atoms with Gasteiger partial charge in [-0.2, -0.15) is 0 Å². The number of H-pyrrole nitrogens is 1. The minimum atomic E-state index is -0.806. The number of hydrogen-bond donors (Lipinski definition) is 2. The van der Waals surface area contributed by atoms with Crippen molar-refractivity contribution in [3.8, 4) is 0 Å². The van der Waals surface area contributed by atoms with Gasteiger partial charge in [0.15, 0.2) is 0 Å². The molecule has 5 nitrogen and oxygen atoms in total. The highest BCUT2D eigenvalue weighted by atomic mass is 16.4. The standard InChI is InChI=1S/C17H20N2O3/c1-11-13(17(21)22)8-9-19(11)16(20)7-6-12-10-18-15-5-3-2-4-14(12)15/h2-5,10-11,13,18H,6-9H2,1H3,(H,21,22). The minimum absolute atomic E-state index is 0.0431. The van der Waals surface area contributed by atoms with Crippen LogP contribution in [0.2, 0.25) is 0 Å². The number of aliphatic carboxylic acids is 1. The number of benzene rings is 1. The van der Waals surface area contributed by atoms with Crippen molar-refractivity contribution < 1.29 is 14.7 Å². The van der Waals surface area contributed by atoms with Gasteiger partial charge in [-0.25, -0.2) is 0 Å². The first-order valence-electron chi connectivity index (χ1n) is 7.65. The summed E-state index contributed by atoms with van der Waals surface area (Å²) in [6.45, 7) is 2.38. The van der Waals surface area contributed by atoms with Crippen LogP contribution in [-0.4, -0.2) is 39.5 Å². The maximum atomic E-state index is 12.4. The Bertz CT molecular complexity index is 707. The molecule has 2 heterocycles. The van der Waals surface area contributed by atoms with E-state index in [1.165, 1.54) is 0 Å². The van der Waals surface area contributed by atoms with E-state index in [0.29, 0.717) is 25.8 Å². The van der Waals surface area contributed by atoms with E-state index >= 15 is 0 Å². The van der Waals surface area contributed by atoms with E-state index in [2.05, 4.69) is 4.98 Å². The lowest BCUT2D eigenvalue weighted by atomic mass is 10.0. The lowest BCUT2D eigenvalue weighted by molar-refractivity contribution is -0.143. The Morgan fingerprint density at radius 1 is 1.36 bits per heavy atom. The topological polar surface area (TPSA) is 73.4 Å². The Morgan fingerprint density at radius 2 is 2.14 bits per heavy atom. The Labute approximate surface area is 128 Å². The van der Waals surface area contributed by atoms with Crippen LogP contribution >= 0.6 is 0 Å². The number of amides is 1. The molecule has 0 aliphatic carbocycles. The lowest BCUT2D eigenvalue weighted by Crippen LogP contribution is -2.37. The van der Waals surface area contributed by atoms with E-state index in [0.717, 1.165) is 16.5 Å². The fourth-order valence-electron chi connectivity index (χ4n) is 3.35. The zero-order valence-corrected chi connectivity index (χ0v) is 12.6. The lowest BCUT2D eigenvalue weighted by Gasteiger charge is -2.23. The average Bonchev–Trinajstić information content (AvgIpc) is 3.08. The van der Waals surface area contributed by atoms with Gasteiger partial charge in [0, 0.05) is 36.1 Å². The maximum absolute atomic E-state index is 12.4. The van der Waals surface area contributed by atoms with Crippen LogP contribution in [0.25, 0.3) is 10.9 Å². The van der Waals surface area contributed by atoms with Crippen LogP contribution in [-0.2, 0) is 16.0 Å². The summed E-state index contributed by atoms with van der Waals surface area (Å²) in [6, 6.07) is 7.81. The first kappa shape index (κ1) is 14.6. The van der Waals surface area contributed by atoms with Crippen molar-refractivity contribution in [2.24, 2.45) is 5.92 Å². The second-order valence-corrected chi connectivity index (χ2v) is 5.92. The number of aromatic nitrogens is 1. The van der Waals surface area contributed by atoms with Gasteiger partial charge in [0.1, 0.15) is 0 Å². The second kappa shape index (κ2) is 5.83. The number of carbonyl (C=O) groups is 2. The molecule has 1 aromatic heterocycles. The van der Waals surface area contributed by atoms with E-state index in [1.807, 2.05) is 37.4 Å². The third-order valence-electron chi connectivity index (χ3n) is 4.68. The van der Waals surface area contributed by atoms with Crippen molar-refractivity contribution in [2.45, 2.75) is 32.2 Å². The number of aryl methyl sites for hydroxylation is 1. The molecule has 3 rings (SSSR count). The van der Waals surface area contributed by atoms with Gasteiger partial charge in [0.25, 0.3) is 0 Å². The summed E-state index contributed by atoms with van der Waals surface area (Å²) < 4.78 is 0. The zero-order valence-electron chi connectivity index (χ0n) is 12.6. The van der Waals surface area contributed by atoms with E-state index in [4.69, 9.17) is 5.11 Å².